The van der Waals surface area contributed by atoms with Crippen molar-refractivity contribution < 1.29 is 27.5 Å². The number of carbonyl (C=O) groups is 2. The van der Waals surface area contributed by atoms with Gasteiger partial charge < -0.3 is 9.47 Å². The van der Waals surface area contributed by atoms with Gasteiger partial charge in [-0.05, 0) is 43.3 Å². The summed E-state index contributed by atoms with van der Waals surface area (Å²) in [5.41, 5.74) is -0.0229. The number of benzene rings is 2. The number of methoxy groups -OCH3 is 1. The number of sulfonamides is 1. The van der Waals surface area contributed by atoms with Gasteiger partial charge in [0.05, 0.1) is 23.3 Å². The van der Waals surface area contributed by atoms with Crippen molar-refractivity contribution in [1.29, 1.82) is 0 Å². The highest BCUT2D eigenvalue weighted by Gasteiger charge is 2.23. The molecule has 2 aromatic rings. The Morgan fingerprint density at radius 2 is 1.69 bits per heavy atom. The van der Waals surface area contributed by atoms with Crippen LogP contribution in [0.15, 0.2) is 53.4 Å². The van der Waals surface area contributed by atoms with Crippen LogP contribution in [0.4, 0.5) is 5.69 Å². The zero-order valence-electron chi connectivity index (χ0n) is 13.9. The summed E-state index contributed by atoms with van der Waals surface area (Å²) in [6.07, 6.45) is -1.13. The second kappa shape index (κ2) is 8.20. The molecule has 0 bridgehead atoms. The molecule has 9 heteroatoms. The Kier molecular flexibility index (Phi) is 6.23. The first-order chi connectivity index (χ1) is 12.2. The number of nitrogens with one attached hydrogen (secondary N) is 1. The van der Waals surface area contributed by atoms with Crippen LogP contribution < -0.4 is 4.72 Å². The quantitative estimate of drug-likeness (QED) is 0.752. The fraction of sp³-hybridized carbons (Fsp3) is 0.176. The van der Waals surface area contributed by atoms with Crippen LogP contribution in [0.5, 0.6) is 0 Å². The molecule has 0 unspecified atom stereocenters. The number of rotatable bonds is 6. The lowest BCUT2D eigenvalue weighted by Gasteiger charge is -2.14. The zero-order valence-corrected chi connectivity index (χ0v) is 15.5. The summed E-state index contributed by atoms with van der Waals surface area (Å²) in [5.74, 6) is -1.59. The summed E-state index contributed by atoms with van der Waals surface area (Å²) in [7, 11) is -2.78. The van der Waals surface area contributed by atoms with Gasteiger partial charge in [0.1, 0.15) is 0 Å². The second-order valence-electron chi connectivity index (χ2n) is 5.18. The number of carbonyl (C=O) groups excluding carboxylic acids is 2. The molecule has 1 atom stereocenters. The molecule has 26 heavy (non-hydrogen) atoms. The summed E-state index contributed by atoms with van der Waals surface area (Å²) in [5, 5.41) is 0.393. The molecule has 0 spiro atoms. The predicted molar refractivity (Wildman–Crippen MR) is 95.6 cm³/mol. The zero-order chi connectivity index (χ0) is 19.3. The number of esters is 2. The van der Waals surface area contributed by atoms with Gasteiger partial charge in [0.2, 0.25) is 0 Å². The van der Waals surface area contributed by atoms with Gasteiger partial charge >= 0.3 is 11.9 Å². The average Bonchev–Trinajstić information content (AvgIpc) is 2.61. The molecule has 2 rings (SSSR count). The van der Waals surface area contributed by atoms with Crippen molar-refractivity contribution >= 4 is 39.3 Å². The molecular formula is C17H16ClNO6S. The number of hydrogen-bond donors (Lipinski definition) is 1. The van der Waals surface area contributed by atoms with Gasteiger partial charge in [-0.25, -0.2) is 18.0 Å². The lowest BCUT2D eigenvalue weighted by molar-refractivity contribution is -0.149. The summed E-state index contributed by atoms with van der Waals surface area (Å²) >= 11 is 5.76. The van der Waals surface area contributed by atoms with E-state index in [9.17, 15) is 18.0 Å². The molecule has 0 saturated carbocycles. The van der Waals surface area contributed by atoms with E-state index >= 15 is 0 Å². The van der Waals surface area contributed by atoms with E-state index in [4.69, 9.17) is 16.3 Å². The molecular weight excluding hydrogens is 382 g/mol. The van der Waals surface area contributed by atoms with Crippen molar-refractivity contribution in [3.05, 3.63) is 59.1 Å². The third-order valence-electron chi connectivity index (χ3n) is 3.33. The van der Waals surface area contributed by atoms with Crippen molar-refractivity contribution in [1.82, 2.24) is 0 Å². The smallest absolute Gasteiger partial charge is 0.346 e. The molecule has 7 nitrogen and oxygen atoms in total. The summed E-state index contributed by atoms with van der Waals surface area (Å²) in [6.45, 7) is 1.35. The summed E-state index contributed by atoms with van der Waals surface area (Å²) in [4.78, 5) is 23.6. The number of anilines is 1. The normalized spacial score (nSPS) is 12.1. The minimum absolute atomic E-state index is 0.0181. The highest BCUT2D eigenvalue weighted by Crippen LogP contribution is 2.22. The van der Waals surface area contributed by atoms with Gasteiger partial charge in [-0.3, -0.25) is 4.72 Å². The van der Waals surface area contributed by atoms with Crippen molar-refractivity contribution in [2.75, 3.05) is 11.8 Å². The van der Waals surface area contributed by atoms with E-state index in [0.29, 0.717) is 5.02 Å². The Bertz CT molecular complexity index is 911. The molecule has 0 aliphatic rings. The maximum absolute atomic E-state index is 12.5. The fourth-order valence-electron chi connectivity index (χ4n) is 2.01. The lowest BCUT2D eigenvalue weighted by Crippen LogP contribution is -2.26. The van der Waals surface area contributed by atoms with Gasteiger partial charge in [0.15, 0.2) is 6.10 Å². The Labute approximate surface area is 155 Å². The van der Waals surface area contributed by atoms with Crippen LogP contribution in [0.2, 0.25) is 5.02 Å². The van der Waals surface area contributed by atoms with Crippen molar-refractivity contribution in [3.63, 3.8) is 0 Å². The maximum Gasteiger partial charge on any atom is 0.346 e. The Morgan fingerprint density at radius 1 is 1.08 bits per heavy atom. The molecule has 138 valence electrons. The Balaban J connectivity index is 2.27. The Morgan fingerprint density at radius 3 is 2.31 bits per heavy atom. The van der Waals surface area contributed by atoms with Gasteiger partial charge in [-0.2, -0.15) is 0 Å². The molecule has 0 aromatic heterocycles. The van der Waals surface area contributed by atoms with Gasteiger partial charge in [-0.15, -0.1) is 0 Å². The highest BCUT2D eigenvalue weighted by molar-refractivity contribution is 7.92. The first kappa shape index (κ1) is 19.7. The number of halogens is 1. The largest absolute Gasteiger partial charge is 0.466 e. The van der Waals surface area contributed by atoms with E-state index in [1.54, 1.807) is 12.1 Å². The standard InChI is InChI=1S/C17H16ClNO6S/c1-11(16(20)24-2)25-17(21)14-5-3-4-6-15(14)19-26(22,23)13-9-7-12(18)8-10-13/h3-11,19H,1-2H3/t11-/m0/s1. The van der Waals surface area contributed by atoms with Gasteiger partial charge in [-0.1, -0.05) is 23.7 Å². The van der Waals surface area contributed by atoms with Crippen molar-refractivity contribution in [3.8, 4) is 0 Å². The van der Waals surface area contributed by atoms with Crippen LogP contribution >= 0.6 is 11.6 Å². The number of para-hydroxylation sites is 1. The highest BCUT2D eigenvalue weighted by atomic mass is 35.5. The molecule has 0 aliphatic carbocycles. The summed E-state index contributed by atoms with van der Waals surface area (Å²) < 4.78 is 36.8. The van der Waals surface area contributed by atoms with Crippen molar-refractivity contribution in [2.24, 2.45) is 0 Å². The Hall–Kier alpha value is -2.58. The monoisotopic (exact) mass is 397 g/mol. The van der Waals surface area contributed by atoms with Gasteiger partial charge in [0, 0.05) is 5.02 Å². The minimum Gasteiger partial charge on any atom is -0.466 e. The predicted octanol–water partition coefficient (Wildman–Crippen LogP) is 2.86. The molecule has 0 saturated heterocycles. The average molecular weight is 398 g/mol. The number of ether oxygens (including phenoxy) is 2. The summed E-state index contributed by atoms with van der Waals surface area (Å²) in [6, 6.07) is 11.4. The fourth-order valence-corrected chi connectivity index (χ4v) is 3.21. The number of hydrogen-bond acceptors (Lipinski definition) is 6. The third-order valence-corrected chi connectivity index (χ3v) is 4.97. The van der Waals surface area contributed by atoms with E-state index < -0.39 is 28.1 Å². The minimum atomic E-state index is -3.94. The van der Waals surface area contributed by atoms with Crippen molar-refractivity contribution in [2.45, 2.75) is 17.9 Å². The molecule has 1 N–H and O–H groups in total. The van der Waals surface area contributed by atoms with Crippen LogP contribution in [0.25, 0.3) is 0 Å². The SMILES string of the molecule is COC(=O)[C@H](C)OC(=O)c1ccccc1NS(=O)(=O)c1ccc(Cl)cc1. The van der Waals surface area contributed by atoms with Crippen LogP contribution in [0.3, 0.4) is 0 Å². The molecule has 0 heterocycles. The maximum atomic E-state index is 12.5. The van der Waals surface area contributed by atoms with E-state index in [1.807, 2.05) is 0 Å². The topological polar surface area (TPSA) is 98.8 Å². The molecule has 0 radical (unpaired) electrons. The van der Waals surface area contributed by atoms with Gasteiger partial charge in [0.25, 0.3) is 10.0 Å². The van der Waals surface area contributed by atoms with E-state index in [0.717, 1.165) is 0 Å². The lowest BCUT2D eigenvalue weighted by atomic mass is 10.2. The van der Waals surface area contributed by atoms with Crippen LogP contribution in [0, 0.1) is 0 Å². The van der Waals surface area contributed by atoms with E-state index in [1.165, 1.54) is 50.4 Å². The first-order valence-electron chi connectivity index (χ1n) is 7.41. The second-order valence-corrected chi connectivity index (χ2v) is 7.29. The third kappa shape index (κ3) is 4.74. The van der Waals surface area contributed by atoms with E-state index in [-0.39, 0.29) is 16.1 Å². The molecule has 0 amide bonds. The molecule has 0 fully saturated rings. The first-order valence-corrected chi connectivity index (χ1v) is 9.27. The molecule has 0 aliphatic heterocycles. The van der Waals surface area contributed by atoms with E-state index in [2.05, 4.69) is 9.46 Å². The van der Waals surface area contributed by atoms with Crippen LogP contribution in [-0.2, 0) is 24.3 Å². The van der Waals surface area contributed by atoms with Crippen LogP contribution in [-0.4, -0.2) is 33.6 Å². The molecule has 2 aromatic carbocycles. The van der Waals surface area contributed by atoms with Crippen LogP contribution in [0.1, 0.15) is 17.3 Å².